The molecule has 1 N–H and O–H groups in total. The van der Waals surface area contributed by atoms with Crippen molar-refractivity contribution in [2.24, 2.45) is 5.16 Å². The van der Waals surface area contributed by atoms with E-state index in [9.17, 15) is 0 Å². The number of hydrogen-bond donors (Lipinski definition) is 1. The second-order valence-corrected chi connectivity index (χ2v) is 2.78. The highest BCUT2D eigenvalue weighted by Crippen LogP contribution is 2.05. The molecule has 0 saturated carbocycles. The molecule has 1 aromatic rings. The van der Waals surface area contributed by atoms with E-state index in [1.807, 2.05) is 52.9 Å². The van der Waals surface area contributed by atoms with Crippen LogP contribution in [0, 0.1) is 0 Å². The van der Waals surface area contributed by atoms with Gasteiger partial charge < -0.3 is 5.21 Å². The molecule has 0 bridgehead atoms. The molecule has 0 spiro atoms. The smallest absolute Gasteiger partial charge is 0.147 e. The minimum absolute atomic E-state index is 0.609. The van der Waals surface area contributed by atoms with E-state index in [0.29, 0.717) is 3.72 Å². The lowest BCUT2D eigenvalue weighted by molar-refractivity contribution is 0.321. The van der Waals surface area contributed by atoms with Gasteiger partial charge in [-0.25, -0.2) is 0 Å². The van der Waals surface area contributed by atoms with Gasteiger partial charge in [0.15, 0.2) is 0 Å². The normalized spacial score (nSPS) is 11.5. The second-order valence-electron chi connectivity index (χ2n) is 1.76. The summed E-state index contributed by atoms with van der Waals surface area (Å²) in [6.45, 7) is 0. The molecule has 0 atom stereocenters. The molecule has 10 heavy (non-hydrogen) atoms. The lowest BCUT2D eigenvalue weighted by Crippen LogP contribution is -1.87. The maximum atomic E-state index is 8.37. The molecule has 0 aliphatic rings. The Bertz CT molecular complexity index is 233. The average molecular weight is 247 g/mol. The summed E-state index contributed by atoms with van der Waals surface area (Å²) < 4.78 is 0.609. The van der Waals surface area contributed by atoms with Crippen LogP contribution in [0.5, 0.6) is 0 Å². The molecule has 0 fully saturated rings. The average Bonchev–Trinajstić information content (AvgIpc) is 2.05. The fraction of sp³-hybridized carbons (Fsp3) is 0. The third-order valence-electron chi connectivity index (χ3n) is 1.10. The predicted octanol–water partition coefficient (Wildman–Crippen LogP) is 2.26. The number of nitrogens with zero attached hydrogens (tertiary/aromatic N) is 1. The van der Waals surface area contributed by atoms with Crippen LogP contribution in [0.1, 0.15) is 5.56 Å². The van der Waals surface area contributed by atoms with Gasteiger partial charge in [-0.05, 0) is 22.6 Å². The summed E-state index contributed by atoms with van der Waals surface area (Å²) in [4.78, 5) is 0. The largest absolute Gasteiger partial charge is 0.410 e. The Labute approximate surface area is 72.7 Å². The lowest BCUT2D eigenvalue weighted by atomic mass is 10.2. The first kappa shape index (κ1) is 7.53. The van der Waals surface area contributed by atoms with E-state index in [0.717, 1.165) is 5.56 Å². The molecule has 0 aliphatic carbocycles. The van der Waals surface area contributed by atoms with Crippen LogP contribution in [-0.4, -0.2) is 8.93 Å². The Hall–Kier alpha value is -0.580. The van der Waals surface area contributed by atoms with Crippen molar-refractivity contribution in [1.82, 2.24) is 0 Å². The zero-order chi connectivity index (χ0) is 7.40. The van der Waals surface area contributed by atoms with Crippen molar-refractivity contribution in [1.29, 1.82) is 0 Å². The standard InChI is InChI=1S/C7H6INO/c8-7(9-10)6-4-2-1-3-5-6/h1-5,10H. The van der Waals surface area contributed by atoms with Crippen LogP contribution in [0.15, 0.2) is 35.5 Å². The second kappa shape index (κ2) is 3.55. The molecule has 0 aliphatic heterocycles. The van der Waals surface area contributed by atoms with Gasteiger partial charge in [0.25, 0.3) is 0 Å². The van der Waals surface area contributed by atoms with E-state index >= 15 is 0 Å². The molecule has 0 radical (unpaired) electrons. The maximum Gasteiger partial charge on any atom is 0.147 e. The lowest BCUT2D eigenvalue weighted by Gasteiger charge is -1.92. The summed E-state index contributed by atoms with van der Waals surface area (Å²) in [5.74, 6) is 0. The molecule has 0 amide bonds. The van der Waals surface area contributed by atoms with Gasteiger partial charge in [-0.1, -0.05) is 35.5 Å². The fourth-order valence-corrected chi connectivity index (χ4v) is 0.993. The molecule has 1 aromatic carbocycles. The summed E-state index contributed by atoms with van der Waals surface area (Å²) in [5.41, 5.74) is 0.936. The first-order chi connectivity index (χ1) is 4.84. The highest BCUT2D eigenvalue weighted by Gasteiger charge is 1.94. The van der Waals surface area contributed by atoms with Crippen LogP contribution in [0.25, 0.3) is 0 Å². The number of benzene rings is 1. The van der Waals surface area contributed by atoms with Crippen LogP contribution >= 0.6 is 22.6 Å². The molecule has 52 valence electrons. The summed E-state index contributed by atoms with van der Waals surface area (Å²) in [6.07, 6.45) is 0. The van der Waals surface area contributed by atoms with E-state index in [2.05, 4.69) is 5.16 Å². The third-order valence-corrected chi connectivity index (χ3v) is 1.94. The van der Waals surface area contributed by atoms with Gasteiger partial charge in [-0.15, -0.1) is 0 Å². The zero-order valence-corrected chi connectivity index (χ0v) is 7.32. The molecular weight excluding hydrogens is 241 g/mol. The van der Waals surface area contributed by atoms with Crippen LogP contribution in [0.3, 0.4) is 0 Å². The predicted molar refractivity (Wildman–Crippen MR) is 48.8 cm³/mol. The van der Waals surface area contributed by atoms with Crippen molar-refractivity contribution in [3.8, 4) is 0 Å². The Balaban J connectivity index is 2.96. The van der Waals surface area contributed by atoms with E-state index in [4.69, 9.17) is 5.21 Å². The van der Waals surface area contributed by atoms with E-state index in [1.165, 1.54) is 0 Å². The Morgan fingerprint density at radius 1 is 1.30 bits per heavy atom. The van der Waals surface area contributed by atoms with Crippen molar-refractivity contribution in [3.05, 3.63) is 35.9 Å². The van der Waals surface area contributed by atoms with Crippen molar-refractivity contribution in [2.45, 2.75) is 0 Å². The van der Waals surface area contributed by atoms with Gasteiger partial charge >= 0.3 is 0 Å². The summed E-state index contributed by atoms with van der Waals surface area (Å²) in [7, 11) is 0. The van der Waals surface area contributed by atoms with Crippen LogP contribution in [-0.2, 0) is 0 Å². The van der Waals surface area contributed by atoms with Gasteiger partial charge in [-0.3, -0.25) is 0 Å². The first-order valence-electron chi connectivity index (χ1n) is 2.77. The number of hydrogen-bond acceptors (Lipinski definition) is 2. The van der Waals surface area contributed by atoms with Gasteiger partial charge in [0.2, 0.25) is 0 Å². The highest BCUT2D eigenvalue weighted by atomic mass is 127. The molecule has 0 aromatic heterocycles. The molecule has 3 heteroatoms. The fourth-order valence-electron chi connectivity index (χ4n) is 0.633. The highest BCUT2D eigenvalue weighted by molar-refractivity contribution is 14.1. The van der Waals surface area contributed by atoms with Crippen LogP contribution in [0.4, 0.5) is 0 Å². The summed E-state index contributed by atoms with van der Waals surface area (Å²) >= 11 is 1.97. The summed E-state index contributed by atoms with van der Waals surface area (Å²) in [6, 6.07) is 9.51. The Morgan fingerprint density at radius 2 is 1.90 bits per heavy atom. The van der Waals surface area contributed by atoms with E-state index < -0.39 is 0 Å². The van der Waals surface area contributed by atoms with Gasteiger partial charge in [0.05, 0.1) is 0 Å². The van der Waals surface area contributed by atoms with Crippen molar-refractivity contribution >= 4 is 26.3 Å². The number of halogens is 1. The van der Waals surface area contributed by atoms with Crippen LogP contribution in [0.2, 0.25) is 0 Å². The van der Waals surface area contributed by atoms with E-state index in [-0.39, 0.29) is 0 Å². The maximum absolute atomic E-state index is 8.37. The third kappa shape index (κ3) is 1.70. The topological polar surface area (TPSA) is 32.6 Å². The van der Waals surface area contributed by atoms with Crippen molar-refractivity contribution in [2.75, 3.05) is 0 Å². The van der Waals surface area contributed by atoms with Crippen LogP contribution < -0.4 is 0 Å². The van der Waals surface area contributed by atoms with Gasteiger partial charge in [-0.2, -0.15) is 0 Å². The zero-order valence-electron chi connectivity index (χ0n) is 5.16. The van der Waals surface area contributed by atoms with Gasteiger partial charge in [0.1, 0.15) is 3.72 Å². The number of oxime groups is 1. The molecule has 0 saturated heterocycles. The molecule has 1 rings (SSSR count). The quantitative estimate of drug-likeness (QED) is 0.351. The molecule has 2 nitrogen and oxygen atoms in total. The summed E-state index contributed by atoms with van der Waals surface area (Å²) in [5, 5.41) is 11.4. The van der Waals surface area contributed by atoms with E-state index in [1.54, 1.807) is 0 Å². The Morgan fingerprint density at radius 3 is 2.40 bits per heavy atom. The van der Waals surface area contributed by atoms with Crippen molar-refractivity contribution in [3.63, 3.8) is 0 Å². The Kier molecular flexibility index (Phi) is 2.68. The first-order valence-corrected chi connectivity index (χ1v) is 3.85. The molecular formula is C7H6INO. The van der Waals surface area contributed by atoms with Crippen molar-refractivity contribution < 1.29 is 5.21 Å². The number of rotatable bonds is 1. The monoisotopic (exact) mass is 247 g/mol. The molecule has 0 unspecified atom stereocenters. The molecule has 0 heterocycles. The van der Waals surface area contributed by atoms with Gasteiger partial charge in [0, 0.05) is 5.56 Å². The minimum atomic E-state index is 0.609. The minimum Gasteiger partial charge on any atom is -0.410 e. The SMILES string of the molecule is ON=C(I)c1ccccc1.